The first-order valence-corrected chi connectivity index (χ1v) is 10.4. The van der Waals surface area contributed by atoms with E-state index in [0.29, 0.717) is 17.7 Å². The van der Waals surface area contributed by atoms with Crippen molar-refractivity contribution in [1.82, 2.24) is 9.62 Å². The number of sulfonamides is 1. The van der Waals surface area contributed by atoms with E-state index in [-0.39, 0.29) is 29.6 Å². The molecule has 0 radical (unpaired) electrons. The van der Waals surface area contributed by atoms with Gasteiger partial charge in [0.25, 0.3) is 5.91 Å². The Morgan fingerprint density at radius 3 is 2.41 bits per heavy atom. The third-order valence-corrected chi connectivity index (χ3v) is 5.73. The van der Waals surface area contributed by atoms with Crippen molar-refractivity contribution >= 4 is 15.9 Å². The average molecular weight is 392 g/mol. The molecule has 2 aromatic carbocycles. The molecule has 0 fully saturated rings. The van der Waals surface area contributed by atoms with Crippen LogP contribution in [0.1, 0.15) is 35.7 Å². The lowest BCUT2D eigenvalue weighted by molar-refractivity contribution is 0.0793. The number of unbranched alkanes of at least 4 members (excludes halogenated alkanes) is 1. The molecule has 0 bridgehead atoms. The Labute approximate surface area is 160 Å². The second kappa shape index (κ2) is 9.62. The fourth-order valence-corrected chi connectivity index (χ4v) is 3.63. The summed E-state index contributed by atoms with van der Waals surface area (Å²) in [5.74, 6) is -0.494. The molecule has 0 aliphatic rings. The number of hydrogen-bond donors (Lipinski definition) is 1. The molecule has 0 saturated heterocycles. The molecule has 27 heavy (non-hydrogen) atoms. The lowest BCUT2D eigenvalue weighted by Crippen LogP contribution is -2.28. The molecule has 0 saturated carbocycles. The Hall–Kier alpha value is -2.25. The summed E-state index contributed by atoms with van der Waals surface area (Å²) < 4.78 is 40.8. The normalized spacial score (nSPS) is 11.4. The lowest BCUT2D eigenvalue weighted by Gasteiger charge is -2.17. The standard InChI is InChI=1S/C20H25FN2O3S/c1-3-4-15-23(2)20(24)17-9-11-18(12-10-17)27(25,26)22-14-13-16-7-5-6-8-19(16)21/h5-12,22H,3-4,13-15H2,1-2H3. The van der Waals surface area contributed by atoms with Gasteiger partial charge in [0.15, 0.2) is 0 Å². The minimum Gasteiger partial charge on any atom is -0.342 e. The minimum atomic E-state index is -3.72. The molecule has 0 aliphatic carbocycles. The maximum Gasteiger partial charge on any atom is 0.253 e. The topological polar surface area (TPSA) is 66.5 Å². The molecule has 5 nitrogen and oxygen atoms in total. The van der Waals surface area contributed by atoms with E-state index in [1.54, 1.807) is 30.1 Å². The van der Waals surface area contributed by atoms with Crippen LogP contribution in [0.2, 0.25) is 0 Å². The van der Waals surface area contributed by atoms with Gasteiger partial charge in [0.05, 0.1) is 4.90 Å². The van der Waals surface area contributed by atoms with Gasteiger partial charge in [0, 0.05) is 25.7 Å². The van der Waals surface area contributed by atoms with Crippen molar-refractivity contribution in [3.05, 3.63) is 65.5 Å². The number of carbonyl (C=O) groups is 1. The molecule has 0 spiro atoms. The second-order valence-corrected chi connectivity index (χ2v) is 8.11. The summed E-state index contributed by atoms with van der Waals surface area (Å²) in [6.45, 7) is 2.80. The van der Waals surface area contributed by atoms with E-state index in [0.717, 1.165) is 12.8 Å². The first kappa shape index (κ1) is 21.1. The average Bonchev–Trinajstić information content (AvgIpc) is 2.67. The highest BCUT2D eigenvalue weighted by atomic mass is 32.2. The molecular weight excluding hydrogens is 367 g/mol. The van der Waals surface area contributed by atoms with Gasteiger partial charge in [-0.2, -0.15) is 0 Å². The van der Waals surface area contributed by atoms with Crippen LogP contribution in [0.4, 0.5) is 4.39 Å². The fraction of sp³-hybridized carbons (Fsp3) is 0.350. The summed E-state index contributed by atoms with van der Waals surface area (Å²) in [5, 5.41) is 0. The maximum atomic E-state index is 13.6. The molecule has 2 rings (SSSR count). The fourth-order valence-electron chi connectivity index (χ4n) is 2.60. The van der Waals surface area contributed by atoms with E-state index >= 15 is 0 Å². The summed E-state index contributed by atoms with van der Waals surface area (Å²) >= 11 is 0. The zero-order valence-corrected chi connectivity index (χ0v) is 16.4. The highest BCUT2D eigenvalue weighted by Gasteiger charge is 2.16. The van der Waals surface area contributed by atoms with Gasteiger partial charge in [-0.15, -0.1) is 0 Å². The van der Waals surface area contributed by atoms with Crippen molar-refractivity contribution in [2.24, 2.45) is 0 Å². The predicted octanol–water partition coefficient (Wildman–Crippen LogP) is 3.22. The zero-order chi connectivity index (χ0) is 19.9. The number of benzene rings is 2. The number of halogens is 1. The third kappa shape index (κ3) is 5.87. The summed E-state index contributed by atoms with van der Waals surface area (Å²) in [4.78, 5) is 14.0. The van der Waals surface area contributed by atoms with Crippen LogP contribution in [0.3, 0.4) is 0 Å². The quantitative estimate of drug-likeness (QED) is 0.713. The van der Waals surface area contributed by atoms with Gasteiger partial charge in [0.2, 0.25) is 10.0 Å². The largest absolute Gasteiger partial charge is 0.342 e. The Morgan fingerprint density at radius 2 is 1.78 bits per heavy atom. The molecule has 0 aromatic heterocycles. The molecule has 1 N–H and O–H groups in total. The van der Waals surface area contributed by atoms with Crippen LogP contribution in [-0.4, -0.2) is 39.4 Å². The van der Waals surface area contributed by atoms with Crippen LogP contribution >= 0.6 is 0 Å². The Morgan fingerprint density at radius 1 is 1.11 bits per heavy atom. The van der Waals surface area contributed by atoms with Crippen LogP contribution in [0.15, 0.2) is 53.4 Å². The smallest absolute Gasteiger partial charge is 0.253 e. The highest BCUT2D eigenvalue weighted by molar-refractivity contribution is 7.89. The molecule has 1 amide bonds. The van der Waals surface area contributed by atoms with Gasteiger partial charge in [-0.3, -0.25) is 4.79 Å². The first-order valence-electron chi connectivity index (χ1n) is 8.93. The van der Waals surface area contributed by atoms with Gasteiger partial charge in [-0.1, -0.05) is 31.5 Å². The minimum absolute atomic E-state index is 0.0730. The van der Waals surface area contributed by atoms with Gasteiger partial charge in [0.1, 0.15) is 5.82 Å². The van der Waals surface area contributed by atoms with Crippen LogP contribution in [0.5, 0.6) is 0 Å². The SMILES string of the molecule is CCCCN(C)C(=O)c1ccc(S(=O)(=O)NCCc2ccccc2F)cc1. The number of nitrogens with one attached hydrogen (secondary N) is 1. The first-order chi connectivity index (χ1) is 12.8. The summed E-state index contributed by atoms with van der Waals surface area (Å²) in [6.07, 6.45) is 2.17. The van der Waals surface area contributed by atoms with E-state index in [1.807, 2.05) is 0 Å². The van der Waals surface area contributed by atoms with Crippen molar-refractivity contribution in [2.75, 3.05) is 20.1 Å². The molecule has 0 unspecified atom stereocenters. The van der Waals surface area contributed by atoms with Gasteiger partial charge in [-0.25, -0.2) is 17.5 Å². The van der Waals surface area contributed by atoms with Crippen LogP contribution in [-0.2, 0) is 16.4 Å². The summed E-state index contributed by atoms with van der Waals surface area (Å²) in [5.41, 5.74) is 0.898. The Kier molecular flexibility index (Phi) is 7.50. The van der Waals surface area contributed by atoms with E-state index < -0.39 is 10.0 Å². The summed E-state index contributed by atoms with van der Waals surface area (Å²) in [6, 6.07) is 12.1. The predicted molar refractivity (Wildman–Crippen MR) is 104 cm³/mol. The number of hydrogen-bond acceptors (Lipinski definition) is 3. The maximum absolute atomic E-state index is 13.6. The number of rotatable bonds is 9. The van der Waals surface area contributed by atoms with E-state index in [2.05, 4.69) is 11.6 Å². The molecule has 0 heterocycles. The summed E-state index contributed by atoms with van der Waals surface area (Å²) in [7, 11) is -1.99. The van der Waals surface area contributed by atoms with Crippen molar-refractivity contribution < 1.29 is 17.6 Å². The van der Waals surface area contributed by atoms with E-state index in [1.165, 1.54) is 30.3 Å². The Bertz CT molecular complexity index is 867. The molecule has 7 heteroatoms. The van der Waals surface area contributed by atoms with Gasteiger partial charge < -0.3 is 4.90 Å². The van der Waals surface area contributed by atoms with Crippen molar-refractivity contribution in [3.8, 4) is 0 Å². The highest BCUT2D eigenvalue weighted by Crippen LogP contribution is 2.13. The van der Waals surface area contributed by atoms with E-state index in [9.17, 15) is 17.6 Å². The van der Waals surface area contributed by atoms with Gasteiger partial charge >= 0.3 is 0 Å². The third-order valence-electron chi connectivity index (χ3n) is 4.25. The van der Waals surface area contributed by atoms with E-state index in [4.69, 9.17) is 0 Å². The van der Waals surface area contributed by atoms with Crippen LogP contribution < -0.4 is 4.72 Å². The lowest BCUT2D eigenvalue weighted by atomic mass is 10.1. The van der Waals surface area contributed by atoms with Crippen molar-refractivity contribution in [3.63, 3.8) is 0 Å². The van der Waals surface area contributed by atoms with Crippen molar-refractivity contribution in [1.29, 1.82) is 0 Å². The molecule has 2 aromatic rings. The zero-order valence-electron chi connectivity index (χ0n) is 15.6. The van der Waals surface area contributed by atoms with Gasteiger partial charge in [-0.05, 0) is 48.7 Å². The molecule has 0 atom stereocenters. The molecule has 146 valence electrons. The second-order valence-electron chi connectivity index (χ2n) is 6.34. The Balaban J connectivity index is 1.98. The number of nitrogens with zero attached hydrogens (tertiary/aromatic N) is 1. The van der Waals surface area contributed by atoms with Crippen LogP contribution in [0, 0.1) is 5.82 Å². The van der Waals surface area contributed by atoms with Crippen molar-refractivity contribution in [2.45, 2.75) is 31.1 Å². The number of amides is 1. The molecular formula is C20H25FN2O3S. The number of carbonyl (C=O) groups excluding carboxylic acids is 1. The van der Waals surface area contributed by atoms with Crippen LogP contribution in [0.25, 0.3) is 0 Å². The molecule has 0 aliphatic heterocycles. The monoisotopic (exact) mass is 392 g/mol.